The van der Waals surface area contributed by atoms with Crippen molar-refractivity contribution in [2.75, 3.05) is 13.1 Å². The molecule has 0 amide bonds. The van der Waals surface area contributed by atoms with Crippen LogP contribution in [0.4, 0.5) is 0 Å². The molecule has 0 radical (unpaired) electrons. The van der Waals surface area contributed by atoms with Crippen LogP contribution in [0.25, 0.3) is 0 Å². The van der Waals surface area contributed by atoms with Crippen LogP contribution in [0.2, 0.25) is 0 Å². The monoisotopic (exact) mass is 217 g/mol. The van der Waals surface area contributed by atoms with Gasteiger partial charge in [-0.2, -0.15) is 0 Å². The van der Waals surface area contributed by atoms with Gasteiger partial charge in [0.05, 0.1) is 0 Å². The zero-order valence-electron chi connectivity index (χ0n) is 10.6. The molecular weight excluding hydrogens is 194 g/mol. The highest BCUT2D eigenvalue weighted by molar-refractivity contribution is 5.24. The average Bonchev–Trinajstić information content (AvgIpc) is 2.75. The van der Waals surface area contributed by atoms with Crippen LogP contribution in [-0.4, -0.2) is 18.0 Å². The second-order valence-electron chi connectivity index (χ2n) is 4.96. The molecule has 1 heterocycles. The minimum Gasteiger partial charge on any atom is -0.296 e. The van der Waals surface area contributed by atoms with Crippen LogP contribution < -0.4 is 0 Å². The first-order valence-corrected chi connectivity index (χ1v) is 6.62. The summed E-state index contributed by atoms with van der Waals surface area (Å²) in [5.41, 5.74) is 2.88. The molecular formula is C15H23N. The summed E-state index contributed by atoms with van der Waals surface area (Å²) in [7, 11) is 0. The molecule has 88 valence electrons. The summed E-state index contributed by atoms with van der Waals surface area (Å²) in [4.78, 5) is 2.66. The lowest BCUT2D eigenvalue weighted by Gasteiger charge is -2.24. The maximum absolute atomic E-state index is 2.66. The van der Waals surface area contributed by atoms with Crippen molar-refractivity contribution in [3.63, 3.8) is 0 Å². The molecule has 0 bridgehead atoms. The molecule has 0 aliphatic carbocycles. The van der Waals surface area contributed by atoms with Gasteiger partial charge in [0.25, 0.3) is 0 Å². The lowest BCUT2D eigenvalue weighted by atomic mass is 10.0. The zero-order chi connectivity index (χ0) is 11.4. The van der Waals surface area contributed by atoms with Crippen molar-refractivity contribution >= 4 is 0 Å². The second-order valence-corrected chi connectivity index (χ2v) is 4.96. The molecule has 1 fully saturated rings. The van der Waals surface area contributed by atoms with E-state index in [0.717, 1.165) is 0 Å². The quantitative estimate of drug-likeness (QED) is 0.738. The number of hydrogen-bond donors (Lipinski definition) is 0. The molecule has 1 aliphatic heterocycles. The molecule has 0 saturated carbocycles. The van der Waals surface area contributed by atoms with Gasteiger partial charge in [0, 0.05) is 6.04 Å². The van der Waals surface area contributed by atoms with Crippen LogP contribution >= 0.6 is 0 Å². The molecule has 1 atom stereocenters. The largest absolute Gasteiger partial charge is 0.296 e. The van der Waals surface area contributed by atoms with E-state index in [1.54, 1.807) is 0 Å². The summed E-state index contributed by atoms with van der Waals surface area (Å²) in [6.45, 7) is 7.00. The molecule has 1 saturated heterocycles. The van der Waals surface area contributed by atoms with E-state index in [4.69, 9.17) is 0 Å². The topological polar surface area (TPSA) is 3.24 Å². The van der Waals surface area contributed by atoms with Gasteiger partial charge in [-0.25, -0.2) is 0 Å². The van der Waals surface area contributed by atoms with E-state index in [-0.39, 0.29) is 0 Å². The highest BCUT2D eigenvalue weighted by Crippen LogP contribution is 2.31. The van der Waals surface area contributed by atoms with Gasteiger partial charge in [-0.3, -0.25) is 4.90 Å². The van der Waals surface area contributed by atoms with Crippen LogP contribution in [0.1, 0.15) is 49.8 Å². The zero-order valence-corrected chi connectivity index (χ0v) is 10.6. The molecule has 0 aromatic heterocycles. The lowest BCUT2D eigenvalue weighted by Crippen LogP contribution is -2.24. The third-order valence-corrected chi connectivity index (χ3v) is 3.62. The summed E-state index contributed by atoms with van der Waals surface area (Å²) >= 11 is 0. The van der Waals surface area contributed by atoms with Gasteiger partial charge in [-0.05, 0) is 44.8 Å². The normalized spacial score (nSPS) is 21.5. The van der Waals surface area contributed by atoms with E-state index in [1.807, 2.05) is 0 Å². The molecule has 16 heavy (non-hydrogen) atoms. The Morgan fingerprint density at radius 1 is 1.25 bits per heavy atom. The van der Waals surface area contributed by atoms with Crippen molar-refractivity contribution in [3.8, 4) is 0 Å². The number of hydrogen-bond acceptors (Lipinski definition) is 1. The van der Waals surface area contributed by atoms with Gasteiger partial charge in [0.2, 0.25) is 0 Å². The first-order chi connectivity index (χ1) is 7.81. The first kappa shape index (κ1) is 11.7. The van der Waals surface area contributed by atoms with E-state index in [1.165, 1.54) is 49.9 Å². The van der Waals surface area contributed by atoms with Gasteiger partial charge < -0.3 is 0 Å². The highest BCUT2D eigenvalue weighted by Gasteiger charge is 2.24. The Bertz CT molecular complexity index is 315. The average molecular weight is 217 g/mol. The standard InChI is InChI=1S/C15H23N/c1-3-4-11-16-12-5-6-15(16)14-9-7-13(2)8-10-14/h7-10,15H,3-6,11-12H2,1-2H3. The van der Waals surface area contributed by atoms with Crippen LogP contribution in [0.15, 0.2) is 24.3 Å². The first-order valence-electron chi connectivity index (χ1n) is 6.62. The summed E-state index contributed by atoms with van der Waals surface area (Å²) < 4.78 is 0. The predicted octanol–water partition coefficient (Wildman–Crippen LogP) is 3.93. The molecule has 0 spiro atoms. The van der Waals surface area contributed by atoms with Crippen LogP contribution in [0.5, 0.6) is 0 Å². The van der Waals surface area contributed by atoms with E-state index in [0.29, 0.717) is 6.04 Å². The molecule has 2 rings (SSSR count). The Morgan fingerprint density at radius 2 is 2.00 bits per heavy atom. The van der Waals surface area contributed by atoms with Gasteiger partial charge in [-0.1, -0.05) is 43.2 Å². The molecule has 1 aromatic rings. The number of likely N-dealkylation sites (tertiary alicyclic amines) is 1. The Kier molecular flexibility index (Phi) is 4.00. The lowest BCUT2D eigenvalue weighted by molar-refractivity contribution is 0.253. The third kappa shape index (κ3) is 2.65. The van der Waals surface area contributed by atoms with Crippen LogP contribution in [0.3, 0.4) is 0 Å². The maximum atomic E-state index is 2.66. The Labute approximate surface area is 99.5 Å². The fourth-order valence-corrected chi connectivity index (χ4v) is 2.62. The SMILES string of the molecule is CCCCN1CCCC1c1ccc(C)cc1. The minimum absolute atomic E-state index is 0.687. The van der Waals surface area contributed by atoms with Crippen molar-refractivity contribution in [2.45, 2.75) is 45.6 Å². The fraction of sp³-hybridized carbons (Fsp3) is 0.600. The molecule has 1 unspecified atom stereocenters. The molecule has 1 aliphatic rings. The van der Waals surface area contributed by atoms with Gasteiger partial charge >= 0.3 is 0 Å². The summed E-state index contributed by atoms with van der Waals surface area (Å²) in [5.74, 6) is 0. The van der Waals surface area contributed by atoms with Crippen molar-refractivity contribution in [3.05, 3.63) is 35.4 Å². The summed E-state index contributed by atoms with van der Waals surface area (Å²) in [6, 6.07) is 9.79. The van der Waals surface area contributed by atoms with Crippen molar-refractivity contribution in [1.82, 2.24) is 4.90 Å². The van der Waals surface area contributed by atoms with Gasteiger partial charge in [-0.15, -0.1) is 0 Å². The maximum Gasteiger partial charge on any atom is 0.0348 e. The van der Waals surface area contributed by atoms with Gasteiger partial charge in [0.1, 0.15) is 0 Å². The van der Waals surface area contributed by atoms with Crippen molar-refractivity contribution < 1.29 is 0 Å². The molecule has 1 heteroatoms. The number of benzene rings is 1. The fourth-order valence-electron chi connectivity index (χ4n) is 2.62. The smallest absolute Gasteiger partial charge is 0.0348 e. The van der Waals surface area contributed by atoms with Crippen molar-refractivity contribution in [1.29, 1.82) is 0 Å². The Balaban J connectivity index is 2.04. The third-order valence-electron chi connectivity index (χ3n) is 3.62. The predicted molar refractivity (Wildman–Crippen MR) is 69.6 cm³/mol. The summed E-state index contributed by atoms with van der Waals surface area (Å²) in [6.07, 6.45) is 5.34. The minimum atomic E-state index is 0.687. The summed E-state index contributed by atoms with van der Waals surface area (Å²) in [5, 5.41) is 0. The molecule has 0 N–H and O–H groups in total. The number of unbranched alkanes of at least 4 members (excludes halogenated alkanes) is 1. The van der Waals surface area contributed by atoms with E-state index in [2.05, 4.69) is 43.0 Å². The van der Waals surface area contributed by atoms with E-state index < -0.39 is 0 Å². The Hall–Kier alpha value is -0.820. The van der Waals surface area contributed by atoms with Crippen LogP contribution in [-0.2, 0) is 0 Å². The number of rotatable bonds is 4. The van der Waals surface area contributed by atoms with E-state index >= 15 is 0 Å². The van der Waals surface area contributed by atoms with Gasteiger partial charge in [0.15, 0.2) is 0 Å². The molecule has 1 nitrogen and oxygen atoms in total. The second kappa shape index (κ2) is 5.49. The van der Waals surface area contributed by atoms with Crippen LogP contribution in [0, 0.1) is 6.92 Å². The molecule has 1 aromatic carbocycles. The van der Waals surface area contributed by atoms with Crippen molar-refractivity contribution in [2.24, 2.45) is 0 Å². The highest BCUT2D eigenvalue weighted by atomic mass is 15.2. The Morgan fingerprint density at radius 3 is 2.69 bits per heavy atom. The van der Waals surface area contributed by atoms with E-state index in [9.17, 15) is 0 Å². The number of aryl methyl sites for hydroxylation is 1. The number of nitrogens with zero attached hydrogens (tertiary/aromatic N) is 1.